The number of amides is 2. The molecule has 1 saturated heterocycles. The number of rotatable bonds is 3. The number of benzene rings is 1. The van der Waals surface area contributed by atoms with Gasteiger partial charge in [0.15, 0.2) is 5.11 Å². The monoisotopic (exact) mass is 387 g/mol. The van der Waals surface area contributed by atoms with E-state index in [1.165, 1.54) is 11.3 Å². The van der Waals surface area contributed by atoms with Crippen molar-refractivity contribution in [3.05, 3.63) is 52.2 Å². The summed E-state index contributed by atoms with van der Waals surface area (Å²) in [5.41, 5.74) is 1.17. The summed E-state index contributed by atoms with van der Waals surface area (Å²) in [6, 6.07) is 10.8. The summed E-state index contributed by atoms with van der Waals surface area (Å²) in [4.78, 5) is 27.4. The van der Waals surface area contributed by atoms with Crippen LogP contribution in [0.1, 0.15) is 39.8 Å². The molecule has 0 aliphatic carbocycles. The van der Waals surface area contributed by atoms with Crippen LogP contribution >= 0.6 is 23.6 Å². The molecule has 1 aromatic carbocycles. The van der Waals surface area contributed by atoms with E-state index in [4.69, 9.17) is 12.2 Å². The number of carbonyl (C=O) groups excluding carboxylic acids is 2. The van der Waals surface area contributed by atoms with E-state index in [9.17, 15) is 9.59 Å². The van der Waals surface area contributed by atoms with Crippen molar-refractivity contribution < 1.29 is 9.59 Å². The van der Waals surface area contributed by atoms with Gasteiger partial charge < -0.3 is 10.2 Å². The molecule has 2 amide bonds. The van der Waals surface area contributed by atoms with Crippen molar-refractivity contribution in [2.45, 2.75) is 19.8 Å². The van der Waals surface area contributed by atoms with E-state index in [-0.39, 0.29) is 16.9 Å². The van der Waals surface area contributed by atoms with E-state index >= 15 is 0 Å². The Bertz CT molecular complexity index is 797. The molecule has 0 radical (unpaired) electrons. The zero-order chi connectivity index (χ0) is 18.5. The number of anilines is 1. The summed E-state index contributed by atoms with van der Waals surface area (Å²) >= 11 is 6.59. The lowest BCUT2D eigenvalue weighted by molar-refractivity contribution is 0.0698. The van der Waals surface area contributed by atoms with Crippen LogP contribution in [0.5, 0.6) is 0 Å². The number of thiophene rings is 1. The zero-order valence-corrected chi connectivity index (χ0v) is 16.2. The van der Waals surface area contributed by atoms with Gasteiger partial charge in [0.05, 0.1) is 16.1 Å². The maximum Gasteiger partial charge on any atom is 0.267 e. The molecule has 7 heteroatoms. The van der Waals surface area contributed by atoms with Crippen LogP contribution in [-0.2, 0) is 0 Å². The van der Waals surface area contributed by atoms with Crippen LogP contribution < -0.4 is 10.6 Å². The second-order valence-corrected chi connectivity index (χ2v) is 7.76. The van der Waals surface area contributed by atoms with E-state index in [1.807, 2.05) is 28.5 Å². The summed E-state index contributed by atoms with van der Waals surface area (Å²) in [7, 11) is 0. The maximum absolute atomic E-state index is 12.9. The molecule has 0 bridgehead atoms. The Morgan fingerprint density at radius 2 is 1.88 bits per heavy atom. The molecule has 136 valence electrons. The quantitative estimate of drug-likeness (QED) is 0.788. The highest BCUT2D eigenvalue weighted by molar-refractivity contribution is 7.80. The van der Waals surface area contributed by atoms with Gasteiger partial charge >= 0.3 is 0 Å². The summed E-state index contributed by atoms with van der Waals surface area (Å²) in [6.45, 7) is 3.76. The van der Waals surface area contributed by atoms with Gasteiger partial charge in [-0.2, -0.15) is 0 Å². The zero-order valence-electron chi connectivity index (χ0n) is 14.5. The van der Waals surface area contributed by atoms with Gasteiger partial charge in [-0.15, -0.1) is 11.3 Å². The number of thiocarbonyl (C=S) groups is 1. The molecular formula is C19H21N3O2S2. The number of likely N-dealkylation sites (tertiary alicyclic amines) is 1. The van der Waals surface area contributed by atoms with Gasteiger partial charge in [0.1, 0.15) is 0 Å². The fraction of sp³-hybridized carbons (Fsp3) is 0.316. The fourth-order valence-corrected chi connectivity index (χ4v) is 3.71. The highest BCUT2D eigenvalue weighted by atomic mass is 32.1. The number of nitrogens with one attached hydrogen (secondary N) is 2. The van der Waals surface area contributed by atoms with Crippen molar-refractivity contribution in [2.75, 3.05) is 18.4 Å². The highest BCUT2D eigenvalue weighted by Gasteiger charge is 2.23. The molecular weight excluding hydrogens is 366 g/mol. The first-order valence-corrected chi connectivity index (χ1v) is 9.87. The smallest absolute Gasteiger partial charge is 0.267 e. The molecule has 1 fully saturated rings. The molecule has 0 unspecified atom stereocenters. The molecule has 1 aliphatic rings. The Kier molecular flexibility index (Phi) is 6.00. The topological polar surface area (TPSA) is 61.4 Å². The van der Waals surface area contributed by atoms with Crippen LogP contribution in [0.25, 0.3) is 0 Å². The molecule has 1 aliphatic heterocycles. The number of nitrogens with zero attached hydrogens (tertiary/aromatic N) is 1. The Morgan fingerprint density at radius 1 is 1.15 bits per heavy atom. The molecule has 2 N–H and O–H groups in total. The SMILES string of the molecule is CC1CCN(C(=O)c2ccccc2NC(=S)NC(=O)c2cccs2)CC1. The number of hydrogen-bond acceptors (Lipinski definition) is 4. The second-order valence-electron chi connectivity index (χ2n) is 6.41. The second kappa shape index (κ2) is 8.42. The van der Waals surface area contributed by atoms with E-state index in [2.05, 4.69) is 17.6 Å². The molecule has 2 heterocycles. The average Bonchev–Trinajstić information content (AvgIpc) is 3.17. The van der Waals surface area contributed by atoms with E-state index in [1.54, 1.807) is 18.2 Å². The Hall–Kier alpha value is -2.25. The molecule has 5 nitrogen and oxygen atoms in total. The Morgan fingerprint density at radius 3 is 2.58 bits per heavy atom. The number of piperidine rings is 1. The van der Waals surface area contributed by atoms with Crippen molar-refractivity contribution in [3.63, 3.8) is 0 Å². The third kappa shape index (κ3) is 4.47. The summed E-state index contributed by atoms with van der Waals surface area (Å²) in [6.07, 6.45) is 2.05. The van der Waals surface area contributed by atoms with E-state index in [0.717, 1.165) is 25.9 Å². The number of para-hydroxylation sites is 1. The van der Waals surface area contributed by atoms with Gasteiger partial charge in [0.25, 0.3) is 11.8 Å². The Labute approximate surface area is 162 Å². The van der Waals surface area contributed by atoms with Crippen LogP contribution in [0.4, 0.5) is 5.69 Å². The average molecular weight is 388 g/mol. The van der Waals surface area contributed by atoms with Crippen LogP contribution in [0.2, 0.25) is 0 Å². The molecule has 0 saturated carbocycles. The minimum absolute atomic E-state index is 0.00705. The standard InChI is InChI=1S/C19H21N3O2S2/c1-13-8-10-22(11-9-13)18(24)14-5-2-3-6-15(14)20-19(25)21-17(23)16-7-4-12-26-16/h2-7,12-13H,8-11H2,1H3,(H2,20,21,23,25). The molecule has 26 heavy (non-hydrogen) atoms. The van der Waals surface area contributed by atoms with Crippen molar-refractivity contribution in [2.24, 2.45) is 5.92 Å². The Balaban J connectivity index is 1.68. The van der Waals surface area contributed by atoms with Gasteiger partial charge in [-0.3, -0.25) is 14.9 Å². The molecule has 3 rings (SSSR count). The minimum atomic E-state index is -0.258. The number of carbonyl (C=O) groups is 2. The van der Waals surface area contributed by atoms with Gasteiger partial charge in [0.2, 0.25) is 0 Å². The first-order chi connectivity index (χ1) is 12.5. The molecule has 1 aromatic heterocycles. The molecule has 0 spiro atoms. The lowest BCUT2D eigenvalue weighted by Gasteiger charge is -2.30. The summed E-state index contributed by atoms with van der Waals surface area (Å²) < 4.78 is 0. The lowest BCUT2D eigenvalue weighted by Crippen LogP contribution is -2.39. The molecule has 2 aromatic rings. The highest BCUT2D eigenvalue weighted by Crippen LogP contribution is 2.22. The third-order valence-corrected chi connectivity index (χ3v) is 5.52. The van der Waals surface area contributed by atoms with Crippen molar-refractivity contribution in [3.8, 4) is 0 Å². The third-order valence-electron chi connectivity index (χ3n) is 4.45. The first-order valence-electron chi connectivity index (χ1n) is 8.58. The lowest BCUT2D eigenvalue weighted by atomic mass is 9.98. The normalized spacial score (nSPS) is 14.7. The van der Waals surface area contributed by atoms with Crippen LogP contribution in [0.3, 0.4) is 0 Å². The summed E-state index contributed by atoms with van der Waals surface area (Å²) in [5, 5.41) is 7.65. The minimum Gasteiger partial charge on any atom is -0.339 e. The van der Waals surface area contributed by atoms with Gasteiger partial charge in [-0.1, -0.05) is 25.1 Å². The molecule has 0 atom stereocenters. The summed E-state index contributed by atoms with van der Waals surface area (Å²) in [5.74, 6) is 0.395. The van der Waals surface area contributed by atoms with Crippen LogP contribution in [0, 0.1) is 5.92 Å². The number of hydrogen-bond donors (Lipinski definition) is 2. The maximum atomic E-state index is 12.9. The fourth-order valence-electron chi connectivity index (χ4n) is 2.89. The van der Waals surface area contributed by atoms with Crippen molar-refractivity contribution in [1.82, 2.24) is 10.2 Å². The van der Waals surface area contributed by atoms with Crippen LogP contribution in [-0.4, -0.2) is 34.9 Å². The van der Waals surface area contributed by atoms with Crippen LogP contribution in [0.15, 0.2) is 41.8 Å². The largest absolute Gasteiger partial charge is 0.339 e. The van der Waals surface area contributed by atoms with E-state index in [0.29, 0.717) is 22.0 Å². The predicted octanol–water partition coefficient (Wildman–Crippen LogP) is 3.75. The van der Waals surface area contributed by atoms with Gasteiger partial charge in [0, 0.05) is 13.1 Å². The van der Waals surface area contributed by atoms with Crippen molar-refractivity contribution in [1.29, 1.82) is 0 Å². The van der Waals surface area contributed by atoms with Gasteiger partial charge in [-0.05, 0) is 54.6 Å². The first kappa shape index (κ1) is 18.5. The van der Waals surface area contributed by atoms with E-state index < -0.39 is 0 Å². The van der Waals surface area contributed by atoms with Crippen molar-refractivity contribution >= 4 is 46.2 Å². The predicted molar refractivity (Wildman–Crippen MR) is 109 cm³/mol. The van der Waals surface area contributed by atoms with Gasteiger partial charge in [-0.25, -0.2) is 0 Å².